The second-order valence-corrected chi connectivity index (χ2v) is 5.39. The molecule has 1 heterocycles. The average Bonchev–Trinajstić information content (AvgIpc) is 2.76. The van der Waals surface area contributed by atoms with Crippen LogP contribution in [0.3, 0.4) is 0 Å². The summed E-state index contributed by atoms with van der Waals surface area (Å²) in [6, 6.07) is 15.6. The van der Waals surface area contributed by atoms with E-state index < -0.39 is 0 Å². The number of fused-ring (bicyclic) bond motifs is 1. The number of furan rings is 1. The summed E-state index contributed by atoms with van der Waals surface area (Å²) >= 11 is 9.43. The van der Waals surface area contributed by atoms with Gasteiger partial charge in [-0.05, 0) is 51.8 Å². The highest BCUT2D eigenvalue weighted by molar-refractivity contribution is 9.10. The molecule has 3 aromatic rings. The van der Waals surface area contributed by atoms with Crippen LogP contribution in [0.4, 0.5) is 0 Å². The Labute approximate surface area is 124 Å². The molecule has 0 aliphatic heterocycles. The quantitative estimate of drug-likeness (QED) is 0.559. The van der Waals surface area contributed by atoms with Gasteiger partial charge in [-0.15, -0.1) is 0 Å². The van der Waals surface area contributed by atoms with E-state index in [0.29, 0.717) is 0 Å². The van der Waals surface area contributed by atoms with Crippen molar-refractivity contribution in [3.8, 4) is 0 Å². The fraction of sp³-hybridized carbons (Fsp3) is 0. The Morgan fingerprint density at radius 1 is 0.947 bits per heavy atom. The van der Waals surface area contributed by atoms with Gasteiger partial charge in [-0.2, -0.15) is 0 Å². The van der Waals surface area contributed by atoms with E-state index in [1.165, 1.54) is 0 Å². The third-order valence-corrected chi connectivity index (χ3v) is 3.93. The van der Waals surface area contributed by atoms with Crippen LogP contribution in [0, 0.1) is 0 Å². The molecule has 1 aromatic heterocycles. The van der Waals surface area contributed by atoms with Crippen LogP contribution >= 0.6 is 27.5 Å². The average molecular weight is 334 g/mol. The zero-order valence-electron chi connectivity index (χ0n) is 9.94. The molecule has 0 atom stereocenters. The Morgan fingerprint density at radius 3 is 2.42 bits per heavy atom. The lowest BCUT2D eigenvalue weighted by molar-refractivity contribution is 0.602. The van der Waals surface area contributed by atoms with Gasteiger partial charge in [0, 0.05) is 10.4 Å². The molecule has 0 aliphatic carbocycles. The Morgan fingerprint density at radius 2 is 1.68 bits per heavy atom. The normalized spacial score (nSPS) is 11.5. The highest BCUT2D eigenvalue weighted by Gasteiger charge is 2.08. The van der Waals surface area contributed by atoms with Crippen molar-refractivity contribution in [1.29, 1.82) is 0 Å². The smallest absolute Gasteiger partial charge is 0.142 e. The Balaban J connectivity index is 1.97. The molecule has 19 heavy (non-hydrogen) atoms. The van der Waals surface area contributed by atoms with Crippen molar-refractivity contribution in [1.82, 2.24) is 0 Å². The number of hydrogen-bond donors (Lipinski definition) is 0. The van der Waals surface area contributed by atoms with Crippen LogP contribution in [0.2, 0.25) is 5.02 Å². The molecule has 0 saturated carbocycles. The summed E-state index contributed by atoms with van der Waals surface area (Å²) < 4.78 is 6.76. The fourth-order valence-corrected chi connectivity index (χ4v) is 2.55. The van der Waals surface area contributed by atoms with Gasteiger partial charge in [0.15, 0.2) is 0 Å². The first kappa shape index (κ1) is 12.5. The molecule has 94 valence electrons. The van der Waals surface area contributed by atoms with Crippen LogP contribution in [0.15, 0.2) is 57.4 Å². The van der Waals surface area contributed by atoms with Gasteiger partial charge in [-0.1, -0.05) is 41.9 Å². The number of para-hydroxylation sites is 1. The lowest BCUT2D eigenvalue weighted by Crippen LogP contribution is -1.71. The summed E-state index contributed by atoms with van der Waals surface area (Å²) in [5.41, 5.74) is 1.96. The molecule has 3 heteroatoms. The van der Waals surface area contributed by atoms with Crippen LogP contribution in [-0.4, -0.2) is 0 Å². The summed E-state index contributed by atoms with van der Waals surface area (Å²) in [7, 11) is 0. The Hall–Kier alpha value is -1.51. The molecular weight excluding hydrogens is 324 g/mol. The SMILES string of the molecule is Clc1ccc(/C=C/c2oc3ccccc3c2Br)cc1. The molecule has 0 radical (unpaired) electrons. The minimum atomic E-state index is 0.738. The van der Waals surface area contributed by atoms with E-state index in [2.05, 4.69) is 15.9 Å². The predicted octanol–water partition coefficient (Wildman–Crippen LogP) is 6.02. The van der Waals surface area contributed by atoms with Gasteiger partial charge in [0.2, 0.25) is 0 Å². The van der Waals surface area contributed by atoms with Crippen molar-refractivity contribution < 1.29 is 4.42 Å². The summed E-state index contributed by atoms with van der Waals surface area (Å²) in [6.07, 6.45) is 3.95. The number of rotatable bonds is 2. The van der Waals surface area contributed by atoms with Crippen LogP contribution in [-0.2, 0) is 0 Å². The zero-order valence-corrected chi connectivity index (χ0v) is 12.3. The molecule has 0 amide bonds. The zero-order chi connectivity index (χ0) is 13.2. The van der Waals surface area contributed by atoms with Crippen LogP contribution in [0.1, 0.15) is 11.3 Å². The van der Waals surface area contributed by atoms with E-state index in [4.69, 9.17) is 16.0 Å². The summed E-state index contributed by atoms with van der Waals surface area (Å²) in [4.78, 5) is 0. The second kappa shape index (κ2) is 5.24. The van der Waals surface area contributed by atoms with E-state index in [0.717, 1.165) is 31.8 Å². The molecule has 2 aromatic carbocycles. The van der Waals surface area contributed by atoms with Gasteiger partial charge in [0.25, 0.3) is 0 Å². The van der Waals surface area contributed by atoms with Gasteiger partial charge in [-0.3, -0.25) is 0 Å². The molecule has 0 saturated heterocycles. The van der Waals surface area contributed by atoms with E-state index >= 15 is 0 Å². The van der Waals surface area contributed by atoms with Crippen molar-refractivity contribution in [2.75, 3.05) is 0 Å². The van der Waals surface area contributed by atoms with Gasteiger partial charge < -0.3 is 4.42 Å². The van der Waals surface area contributed by atoms with Crippen LogP contribution in [0.25, 0.3) is 23.1 Å². The molecule has 0 N–H and O–H groups in total. The Bertz CT molecular complexity index is 741. The first-order chi connectivity index (χ1) is 9.24. The summed E-state index contributed by atoms with van der Waals surface area (Å²) in [5, 5.41) is 1.82. The number of hydrogen-bond acceptors (Lipinski definition) is 1. The minimum Gasteiger partial charge on any atom is -0.455 e. The van der Waals surface area contributed by atoms with Crippen molar-refractivity contribution in [3.05, 3.63) is 69.3 Å². The maximum Gasteiger partial charge on any atom is 0.142 e. The van der Waals surface area contributed by atoms with E-state index in [1.807, 2.05) is 60.7 Å². The van der Waals surface area contributed by atoms with Gasteiger partial charge in [-0.25, -0.2) is 0 Å². The third kappa shape index (κ3) is 2.60. The molecule has 1 nitrogen and oxygen atoms in total. The second-order valence-electron chi connectivity index (χ2n) is 4.16. The lowest BCUT2D eigenvalue weighted by Gasteiger charge is -1.93. The van der Waals surface area contributed by atoms with Crippen molar-refractivity contribution in [2.24, 2.45) is 0 Å². The Kier molecular flexibility index (Phi) is 3.45. The largest absolute Gasteiger partial charge is 0.455 e. The molecule has 3 rings (SSSR count). The van der Waals surface area contributed by atoms with Crippen molar-refractivity contribution in [2.45, 2.75) is 0 Å². The minimum absolute atomic E-state index is 0.738. The molecule has 0 spiro atoms. The molecular formula is C16H10BrClO. The lowest BCUT2D eigenvalue weighted by atomic mass is 10.2. The standard InChI is InChI=1S/C16H10BrClO/c17-16-13-3-1-2-4-14(13)19-15(16)10-7-11-5-8-12(18)9-6-11/h1-10H/b10-7+. The first-order valence-corrected chi connectivity index (χ1v) is 7.02. The third-order valence-electron chi connectivity index (χ3n) is 2.86. The van der Waals surface area contributed by atoms with Crippen LogP contribution < -0.4 is 0 Å². The fourth-order valence-electron chi connectivity index (χ4n) is 1.89. The highest BCUT2D eigenvalue weighted by atomic mass is 79.9. The van der Waals surface area contributed by atoms with E-state index in [1.54, 1.807) is 0 Å². The predicted molar refractivity (Wildman–Crippen MR) is 84.3 cm³/mol. The van der Waals surface area contributed by atoms with Gasteiger partial charge >= 0.3 is 0 Å². The molecule has 0 aliphatic rings. The van der Waals surface area contributed by atoms with Crippen molar-refractivity contribution in [3.63, 3.8) is 0 Å². The number of benzene rings is 2. The molecule has 0 fully saturated rings. The maximum absolute atomic E-state index is 5.86. The first-order valence-electron chi connectivity index (χ1n) is 5.85. The van der Waals surface area contributed by atoms with Crippen LogP contribution in [0.5, 0.6) is 0 Å². The maximum atomic E-state index is 5.86. The van der Waals surface area contributed by atoms with Gasteiger partial charge in [0.1, 0.15) is 11.3 Å². The highest BCUT2D eigenvalue weighted by Crippen LogP contribution is 2.31. The molecule has 0 bridgehead atoms. The molecule has 0 unspecified atom stereocenters. The number of halogens is 2. The van der Waals surface area contributed by atoms with Crippen molar-refractivity contribution >= 4 is 50.7 Å². The topological polar surface area (TPSA) is 13.1 Å². The summed E-state index contributed by atoms with van der Waals surface area (Å²) in [6.45, 7) is 0. The van der Waals surface area contributed by atoms with E-state index in [-0.39, 0.29) is 0 Å². The van der Waals surface area contributed by atoms with Gasteiger partial charge in [0.05, 0.1) is 4.47 Å². The summed E-state index contributed by atoms with van der Waals surface area (Å²) in [5.74, 6) is 0.816. The monoisotopic (exact) mass is 332 g/mol. The van der Waals surface area contributed by atoms with E-state index in [9.17, 15) is 0 Å².